The maximum atomic E-state index is 10.1. The molecule has 5 nitrogen and oxygen atoms in total. The molecule has 96 valence electrons. The van der Waals surface area contributed by atoms with Crippen LogP contribution in [0.4, 0.5) is 0 Å². The highest BCUT2D eigenvalue weighted by Crippen LogP contribution is 2.36. The topological polar surface area (TPSA) is 71.8 Å². The van der Waals surface area contributed by atoms with Crippen LogP contribution in [0.2, 0.25) is 0 Å². The minimum atomic E-state index is -0.00943. The van der Waals surface area contributed by atoms with Crippen LogP contribution in [-0.4, -0.2) is 25.0 Å². The van der Waals surface area contributed by atoms with E-state index in [1.165, 1.54) is 11.3 Å². The summed E-state index contributed by atoms with van der Waals surface area (Å²) in [6.07, 6.45) is 5.08. The van der Waals surface area contributed by atoms with Gasteiger partial charge in [-0.3, -0.25) is 4.98 Å². The lowest BCUT2D eigenvalue weighted by atomic mass is 10.2. The zero-order valence-electron chi connectivity index (χ0n) is 10.2. The molecule has 1 N–H and O–H groups in total. The van der Waals surface area contributed by atoms with Gasteiger partial charge in [0, 0.05) is 29.5 Å². The highest BCUT2D eigenvalue weighted by Gasteiger charge is 2.14. The zero-order chi connectivity index (χ0) is 13.5. The van der Waals surface area contributed by atoms with Crippen LogP contribution in [-0.2, 0) is 0 Å². The lowest BCUT2D eigenvalue weighted by Crippen LogP contribution is -1.89. The predicted molar refractivity (Wildman–Crippen MR) is 77.6 cm³/mol. The van der Waals surface area contributed by atoms with Gasteiger partial charge in [-0.15, -0.1) is 11.3 Å². The van der Waals surface area contributed by atoms with Gasteiger partial charge in [0.15, 0.2) is 5.82 Å². The summed E-state index contributed by atoms with van der Waals surface area (Å²) in [5.74, 6) is 0.478. The van der Waals surface area contributed by atoms with Crippen molar-refractivity contribution in [3.05, 3.63) is 42.9 Å². The molecule has 0 fully saturated rings. The fourth-order valence-electron chi connectivity index (χ4n) is 2.09. The molecular weight excluding hydrogens is 272 g/mol. The molecular formula is C14H8N4OS. The van der Waals surface area contributed by atoms with E-state index in [4.69, 9.17) is 0 Å². The average Bonchev–Trinajstić information content (AvgIpc) is 2.88. The van der Waals surface area contributed by atoms with Crippen LogP contribution >= 0.6 is 11.3 Å². The first kappa shape index (κ1) is 11.2. The number of rotatable bonds is 1. The highest BCUT2D eigenvalue weighted by atomic mass is 32.1. The number of fused-ring (bicyclic) bond motifs is 3. The van der Waals surface area contributed by atoms with E-state index in [9.17, 15) is 5.11 Å². The molecule has 0 unspecified atom stereocenters. The van der Waals surface area contributed by atoms with Crippen molar-refractivity contribution in [2.24, 2.45) is 0 Å². The summed E-state index contributed by atoms with van der Waals surface area (Å²) in [5, 5.41) is 11.1. The van der Waals surface area contributed by atoms with Gasteiger partial charge >= 0.3 is 0 Å². The normalized spacial score (nSPS) is 11.2. The van der Waals surface area contributed by atoms with E-state index in [0.717, 1.165) is 21.3 Å². The number of thiophene rings is 1. The van der Waals surface area contributed by atoms with Crippen LogP contribution in [0.1, 0.15) is 0 Å². The van der Waals surface area contributed by atoms with Gasteiger partial charge in [-0.2, -0.15) is 4.98 Å². The monoisotopic (exact) mass is 280 g/mol. The molecule has 0 atom stereocenters. The molecule has 0 spiro atoms. The van der Waals surface area contributed by atoms with Crippen LogP contribution in [0.25, 0.3) is 31.8 Å². The lowest BCUT2D eigenvalue weighted by Gasteiger charge is -2.01. The van der Waals surface area contributed by atoms with Crippen molar-refractivity contribution in [2.75, 3.05) is 0 Å². The summed E-state index contributed by atoms with van der Waals surface area (Å²) in [5.41, 5.74) is 1.55. The third-order valence-electron chi connectivity index (χ3n) is 3.01. The average molecular weight is 280 g/mol. The van der Waals surface area contributed by atoms with Gasteiger partial charge < -0.3 is 5.11 Å². The minimum absolute atomic E-state index is 0.00943. The zero-order valence-corrected chi connectivity index (χ0v) is 11.0. The number of nitrogens with zero attached hydrogens (tertiary/aromatic N) is 4. The van der Waals surface area contributed by atoms with Gasteiger partial charge in [0.2, 0.25) is 5.88 Å². The maximum absolute atomic E-state index is 10.1. The lowest BCUT2D eigenvalue weighted by molar-refractivity contribution is 0.461. The molecule has 4 aromatic heterocycles. The molecule has 0 saturated carbocycles. The molecule has 0 bridgehead atoms. The van der Waals surface area contributed by atoms with Gasteiger partial charge in [0.05, 0.1) is 5.52 Å². The number of aromatic hydroxyl groups is 1. The summed E-state index contributed by atoms with van der Waals surface area (Å²) in [6, 6.07) is 7.44. The van der Waals surface area contributed by atoms with E-state index in [2.05, 4.69) is 19.9 Å². The van der Waals surface area contributed by atoms with E-state index in [1.54, 1.807) is 18.6 Å². The van der Waals surface area contributed by atoms with Gasteiger partial charge in [0.25, 0.3) is 0 Å². The van der Waals surface area contributed by atoms with Crippen molar-refractivity contribution in [1.29, 1.82) is 0 Å². The van der Waals surface area contributed by atoms with Crippen LogP contribution in [0.3, 0.4) is 0 Å². The Morgan fingerprint density at radius 3 is 2.70 bits per heavy atom. The second kappa shape index (κ2) is 4.21. The standard InChI is InChI=1S/C14H8N4OS/c19-13-11-10(9-2-1-5-16-14(9)20-11)17-12(18-13)8-3-6-15-7-4-8/h1-7H,(H,17,18,19). The summed E-state index contributed by atoms with van der Waals surface area (Å²) < 4.78 is 0.663. The molecule has 0 amide bonds. The van der Waals surface area contributed by atoms with Crippen LogP contribution < -0.4 is 0 Å². The molecule has 4 aromatic rings. The Morgan fingerprint density at radius 1 is 1.00 bits per heavy atom. The molecule has 0 saturated heterocycles. The van der Waals surface area contributed by atoms with Crippen molar-refractivity contribution >= 4 is 31.8 Å². The quantitative estimate of drug-likeness (QED) is 0.580. The molecule has 4 heterocycles. The van der Waals surface area contributed by atoms with Crippen molar-refractivity contribution in [1.82, 2.24) is 19.9 Å². The Balaban J connectivity index is 2.08. The molecule has 0 radical (unpaired) electrons. The minimum Gasteiger partial charge on any atom is -0.492 e. The number of hydrogen-bond donors (Lipinski definition) is 1. The third-order valence-corrected chi connectivity index (χ3v) is 4.11. The Labute approximate surface area is 117 Å². The number of pyridine rings is 2. The van der Waals surface area contributed by atoms with Crippen molar-refractivity contribution in [2.45, 2.75) is 0 Å². The first-order valence-electron chi connectivity index (χ1n) is 5.97. The smallest absolute Gasteiger partial charge is 0.233 e. The van der Waals surface area contributed by atoms with Gasteiger partial charge in [-0.25, -0.2) is 9.97 Å². The number of hydrogen-bond acceptors (Lipinski definition) is 6. The Morgan fingerprint density at radius 2 is 1.85 bits per heavy atom. The highest BCUT2D eigenvalue weighted by molar-refractivity contribution is 7.25. The summed E-state index contributed by atoms with van der Waals surface area (Å²) in [6.45, 7) is 0. The third kappa shape index (κ3) is 1.62. The molecule has 6 heteroatoms. The van der Waals surface area contributed by atoms with Crippen molar-refractivity contribution in [3.63, 3.8) is 0 Å². The number of aromatic nitrogens is 4. The van der Waals surface area contributed by atoms with Crippen molar-refractivity contribution in [3.8, 4) is 17.3 Å². The van der Waals surface area contributed by atoms with E-state index < -0.39 is 0 Å². The van der Waals surface area contributed by atoms with Gasteiger partial charge in [0.1, 0.15) is 9.53 Å². The second-order valence-corrected chi connectivity index (χ2v) is 5.24. The second-order valence-electron chi connectivity index (χ2n) is 4.24. The van der Waals surface area contributed by atoms with E-state index in [1.807, 2.05) is 24.3 Å². The fourth-order valence-corrected chi connectivity index (χ4v) is 3.07. The van der Waals surface area contributed by atoms with Crippen LogP contribution in [0.15, 0.2) is 42.9 Å². The summed E-state index contributed by atoms with van der Waals surface area (Å²) in [7, 11) is 0. The SMILES string of the molecule is Oc1nc(-c2ccncc2)nc2c1sc1ncccc12. The van der Waals surface area contributed by atoms with Gasteiger partial charge in [-0.1, -0.05) is 0 Å². The summed E-state index contributed by atoms with van der Waals surface area (Å²) >= 11 is 1.39. The van der Waals surface area contributed by atoms with E-state index in [0.29, 0.717) is 10.5 Å². The molecule has 0 aliphatic carbocycles. The van der Waals surface area contributed by atoms with Crippen LogP contribution in [0.5, 0.6) is 5.88 Å². The molecule has 0 aliphatic heterocycles. The predicted octanol–water partition coefficient (Wildman–Crippen LogP) is 3.01. The van der Waals surface area contributed by atoms with Gasteiger partial charge in [-0.05, 0) is 24.3 Å². The summed E-state index contributed by atoms with van der Waals surface area (Å²) in [4.78, 5) is 17.8. The van der Waals surface area contributed by atoms with E-state index >= 15 is 0 Å². The van der Waals surface area contributed by atoms with Crippen molar-refractivity contribution < 1.29 is 5.11 Å². The Bertz CT molecular complexity index is 920. The Hall–Kier alpha value is -2.60. The Kier molecular flexibility index (Phi) is 2.37. The molecule has 0 aliphatic rings. The first-order chi connectivity index (χ1) is 9.83. The largest absolute Gasteiger partial charge is 0.492 e. The fraction of sp³-hybridized carbons (Fsp3) is 0. The van der Waals surface area contributed by atoms with E-state index in [-0.39, 0.29) is 5.88 Å². The van der Waals surface area contributed by atoms with Crippen LogP contribution in [0, 0.1) is 0 Å². The first-order valence-corrected chi connectivity index (χ1v) is 6.79. The maximum Gasteiger partial charge on any atom is 0.233 e. The molecule has 20 heavy (non-hydrogen) atoms. The molecule has 0 aromatic carbocycles. The molecule has 4 rings (SSSR count).